The van der Waals surface area contributed by atoms with Gasteiger partial charge in [0.05, 0.1) is 34.0 Å². The van der Waals surface area contributed by atoms with Crippen LogP contribution in [-0.4, -0.2) is 59.0 Å². The van der Waals surface area contributed by atoms with Crippen molar-refractivity contribution in [1.29, 1.82) is 0 Å². The van der Waals surface area contributed by atoms with Gasteiger partial charge in [-0.05, 0) is 48.9 Å². The van der Waals surface area contributed by atoms with Crippen molar-refractivity contribution in [3.05, 3.63) is 47.5 Å². The van der Waals surface area contributed by atoms with Gasteiger partial charge in [-0.3, -0.25) is 4.79 Å². The minimum Gasteiger partial charge on any atom is -0.493 e. The third-order valence-electron chi connectivity index (χ3n) is 6.36. The van der Waals surface area contributed by atoms with Crippen LogP contribution in [0.25, 0.3) is 0 Å². The molecule has 0 aliphatic carbocycles. The summed E-state index contributed by atoms with van der Waals surface area (Å²) in [4.78, 5) is 16.5. The Morgan fingerprint density at radius 2 is 1.71 bits per heavy atom. The lowest BCUT2D eigenvalue weighted by Gasteiger charge is -2.31. The van der Waals surface area contributed by atoms with Crippen molar-refractivity contribution in [2.24, 2.45) is 0 Å². The van der Waals surface area contributed by atoms with E-state index in [1.165, 1.54) is 16.0 Å². The monoisotopic (exact) mass is 426 g/mol. The van der Waals surface area contributed by atoms with Gasteiger partial charge in [-0.1, -0.05) is 0 Å². The zero-order valence-corrected chi connectivity index (χ0v) is 18.6. The van der Waals surface area contributed by atoms with Gasteiger partial charge < -0.3 is 29.3 Å². The molecule has 1 saturated heterocycles. The molecule has 4 rings (SSSR count). The molecular formula is C24H32N3O4+. The second-order valence-electron chi connectivity index (χ2n) is 8.17. The predicted octanol–water partition coefficient (Wildman–Crippen LogP) is 1.51. The predicted molar refractivity (Wildman–Crippen MR) is 120 cm³/mol. The molecule has 1 unspecified atom stereocenters. The van der Waals surface area contributed by atoms with Crippen molar-refractivity contribution in [2.75, 3.05) is 57.3 Å². The van der Waals surface area contributed by atoms with Crippen LogP contribution in [0.1, 0.15) is 18.1 Å². The van der Waals surface area contributed by atoms with Crippen LogP contribution in [0, 0.1) is 0 Å². The molecule has 2 N–H and O–H groups in total. The minimum absolute atomic E-state index is 0.0399. The van der Waals surface area contributed by atoms with Gasteiger partial charge in [0.2, 0.25) is 0 Å². The maximum atomic E-state index is 12.9. The number of carbonyl (C=O) groups is 1. The highest BCUT2D eigenvalue weighted by atomic mass is 16.5. The second-order valence-corrected chi connectivity index (χ2v) is 8.17. The highest BCUT2D eigenvalue weighted by Gasteiger charge is 2.30. The lowest BCUT2D eigenvalue weighted by Crippen LogP contribution is -3.16. The quantitative estimate of drug-likeness (QED) is 0.733. The highest BCUT2D eigenvalue weighted by Crippen LogP contribution is 2.31. The third kappa shape index (κ3) is 4.78. The molecule has 7 heteroatoms. The van der Waals surface area contributed by atoms with Crippen LogP contribution in [0.2, 0.25) is 0 Å². The topological polar surface area (TPSA) is 64.5 Å². The van der Waals surface area contributed by atoms with Gasteiger partial charge in [-0.2, -0.15) is 0 Å². The Labute approximate surface area is 183 Å². The van der Waals surface area contributed by atoms with Crippen molar-refractivity contribution in [3.63, 3.8) is 0 Å². The SMILES string of the molecule is COc1cc2c(cc1OC)C[NH+]([C@@H](C)C(=O)Nc1ccc(N3CCOCC3)cc1)CC2. The molecule has 31 heavy (non-hydrogen) atoms. The van der Waals surface area contributed by atoms with E-state index in [0.29, 0.717) is 0 Å². The van der Waals surface area contributed by atoms with Crippen LogP contribution >= 0.6 is 0 Å². The van der Waals surface area contributed by atoms with Crippen molar-refractivity contribution in [3.8, 4) is 11.5 Å². The van der Waals surface area contributed by atoms with Gasteiger partial charge in [0.25, 0.3) is 5.91 Å². The van der Waals surface area contributed by atoms with E-state index in [-0.39, 0.29) is 11.9 Å². The molecule has 2 aromatic rings. The van der Waals surface area contributed by atoms with E-state index >= 15 is 0 Å². The third-order valence-corrected chi connectivity index (χ3v) is 6.36. The molecule has 0 bridgehead atoms. The first-order valence-corrected chi connectivity index (χ1v) is 10.9. The summed E-state index contributed by atoms with van der Waals surface area (Å²) in [5.41, 5.74) is 4.48. The molecule has 2 aliphatic rings. The summed E-state index contributed by atoms with van der Waals surface area (Å²) >= 11 is 0. The Hall–Kier alpha value is -2.77. The number of morpholine rings is 1. The van der Waals surface area contributed by atoms with Crippen LogP contribution in [-0.2, 0) is 22.5 Å². The number of amides is 1. The van der Waals surface area contributed by atoms with E-state index in [9.17, 15) is 4.79 Å². The number of nitrogens with one attached hydrogen (secondary N) is 2. The largest absolute Gasteiger partial charge is 0.493 e. The first-order valence-electron chi connectivity index (χ1n) is 10.9. The van der Waals surface area contributed by atoms with Crippen LogP contribution in [0.5, 0.6) is 11.5 Å². The zero-order valence-electron chi connectivity index (χ0n) is 18.6. The fraction of sp³-hybridized carbons (Fsp3) is 0.458. The minimum atomic E-state index is -0.153. The van der Waals surface area contributed by atoms with Gasteiger partial charge in [0.15, 0.2) is 17.5 Å². The molecule has 2 aliphatic heterocycles. The smallest absolute Gasteiger partial charge is 0.282 e. The number of anilines is 2. The van der Waals surface area contributed by atoms with Crippen molar-refractivity contribution in [1.82, 2.24) is 0 Å². The van der Waals surface area contributed by atoms with E-state index in [1.54, 1.807) is 14.2 Å². The second kappa shape index (κ2) is 9.58. The van der Waals surface area contributed by atoms with E-state index in [0.717, 1.165) is 68.7 Å². The summed E-state index contributed by atoms with van der Waals surface area (Å²) in [5, 5.41) is 3.09. The highest BCUT2D eigenvalue weighted by molar-refractivity contribution is 5.93. The van der Waals surface area contributed by atoms with Crippen LogP contribution in [0.4, 0.5) is 11.4 Å². The molecule has 2 heterocycles. The molecule has 1 amide bonds. The van der Waals surface area contributed by atoms with Gasteiger partial charge in [0.1, 0.15) is 6.54 Å². The van der Waals surface area contributed by atoms with Crippen molar-refractivity contribution in [2.45, 2.75) is 25.9 Å². The number of nitrogens with zero attached hydrogens (tertiary/aromatic N) is 1. The summed E-state index contributed by atoms with van der Waals surface area (Å²) < 4.78 is 16.3. The van der Waals surface area contributed by atoms with Gasteiger partial charge in [-0.15, -0.1) is 0 Å². The average Bonchev–Trinajstić information content (AvgIpc) is 2.83. The normalized spacial score (nSPS) is 19.3. The first-order chi connectivity index (χ1) is 15.1. The Balaban J connectivity index is 1.38. The fourth-order valence-corrected chi connectivity index (χ4v) is 4.37. The maximum Gasteiger partial charge on any atom is 0.282 e. The number of hydrogen-bond donors (Lipinski definition) is 2. The zero-order chi connectivity index (χ0) is 21.8. The Bertz CT molecular complexity index is 910. The Kier molecular flexibility index (Phi) is 6.63. The molecule has 2 atom stereocenters. The molecule has 2 aromatic carbocycles. The molecule has 0 radical (unpaired) electrons. The number of fused-ring (bicyclic) bond motifs is 1. The van der Waals surface area contributed by atoms with Crippen molar-refractivity contribution >= 4 is 17.3 Å². The van der Waals surface area contributed by atoms with E-state index in [1.807, 2.05) is 25.1 Å². The molecule has 7 nitrogen and oxygen atoms in total. The first kappa shape index (κ1) is 21.5. The Morgan fingerprint density at radius 1 is 1.06 bits per heavy atom. The number of carbonyl (C=O) groups excluding carboxylic acids is 1. The van der Waals surface area contributed by atoms with E-state index in [4.69, 9.17) is 14.2 Å². The Morgan fingerprint density at radius 3 is 2.35 bits per heavy atom. The van der Waals surface area contributed by atoms with Crippen LogP contribution in [0.15, 0.2) is 36.4 Å². The number of hydrogen-bond acceptors (Lipinski definition) is 5. The van der Waals surface area contributed by atoms with Crippen molar-refractivity contribution < 1.29 is 23.9 Å². The molecule has 1 fully saturated rings. The summed E-state index contributed by atoms with van der Waals surface area (Å²) in [6.07, 6.45) is 0.914. The summed E-state index contributed by atoms with van der Waals surface area (Å²) in [6.45, 7) is 7.02. The lowest BCUT2D eigenvalue weighted by molar-refractivity contribution is -0.929. The molecular weight excluding hydrogens is 394 g/mol. The average molecular weight is 427 g/mol. The number of benzene rings is 2. The fourth-order valence-electron chi connectivity index (χ4n) is 4.37. The number of ether oxygens (including phenoxy) is 3. The van der Waals surface area contributed by atoms with Gasteiger partial charge in [0, 0.05) is 36.4 Å². The molecule has 0 aromatic heterocycles. The summed E-state index contributed by atoms with van der Waals surface area (Å²) in [7, 11) is 3.31. The molecule has 0 saturated carbocycles. The molecule has 0 spiro atoms. The number of methoxy groups -OCH3 is 2. The maximum absolute atomic E-state index is 12.9. The van der Waals surface area contributed by atoms with Gasteiger partial charge in [-0.25, -0.2) is 0 Å². The van der Waals surface area contributed by atoms with Gasteiger partial charge >= 0.3 is 0 Å². The molecule has 166 valence electrons. The van der Waals surface area contributed by atoms with E-state index < -0.39 is 0 Å². The van der Waals surface area contributed by atoms with Crippen LogP contribution < -0.4 is 24.6 Å². The standard InChI is InChI=1S/C24H31N3O4/c1-17(27-9-8-18-14-22(29-2)23(30-3)15-19(18)16-27)24(28)25-20-4-6-21(7-5-20)26-10-12-31-13-11-26/h4-7,14-15,17H,8-13,16H2,1-3H3,(H,25,28)/p+1/t17-/m0/s1. The number of quaternary nitrogens is 1. The lowest BCUT2D eigenvalue weighted by atomic mass is 9.97. The summed E-state index contributed by atoms with van der Waals surface area (Å²) in [5.74, 6) is 1.54. The van der Waals surface area contributed by atoms with Crippen LogP contribution in [0.3, 0.4) is 0 Å². The number of rotatable bonds is 6. The van der Waals surface area contributed by atoms with E-state index in [2.05, 4.69) is 28.4 Å². The summed E-state index contributed by atoms with van der Waals surface area (Å²) in [6, 6.07) is 12.0.